The lowest BCUT2D eigenvalue weighted by Crippen LogP contribution is -2.34. The van der Waals surface area contributed by atoms with Crippen LogP contribution >= 0.6 is 11.6 Å². The SMILES string of the molecule is COc1cccc(NC(=O)[C@H](N[C@@H](C)c2ccccc2Cl)c2ccccc2)c1. The van der Waals surface area contributed by atoms with Crippen LogP contribution in [0.25, 0.3) is 0 Å². The van der Waals surface area contributed by atoms with E-state index in [1.54, 1.807) is 13.2 Å². The van der Waals surface area contributed by atoms with Gasteiger partial charge in [0.15, 0.2) is 0 Å². The molecule has 0 spiro atoms. The van der Waals surface area contributed by atoms with Crippen molar-refractivity contribution in [2.75, 3.05) is 12.4 Å². The normalized spacial score (nSPS) is 12.8. The minimum absolute atomic E-state index is 0.116. The molecule has 0 aliphatic carbocycles. The first-order valence-electron chi connectivity index (χ1n) is 9.09. The van der Waals surface area contributed by atoms with Crippen molar-refractivity contribution in [2.45, 2.75) is 19.0 Å². The number of rotatable bonds is 7. The Balaban J connectivity index is 1.84. The number of anilines is 1. The molecule has 0 saturated carbocycles. The van der Waals surface area contributed by atoms with E-state index < -0.39 is 6.04 Å². The first-order valence-corrected chi connectivity index (χ1v) is 9.46. The van der Waals surface area contributed by atoms with E-state index in [0.29, 0.717) is 16.5 Å². The lowest BCUT2D eigenvalue weighted by atomic mass is 10.0. The Morgan fingerprint density at radius 2 is 1.68 bits per heavy atom. The van der Waals surface area contributed by atoms with E-state index in [1.165, 1.54) is 0 Å². The number of halogens is 1. The first kappa shape index (κ1) is 19.9. The van der Waals surface area contributed by atoms with E-state index in [9.17, 15) is 4.79 Å². The van der Waals surface area contributed by atoms with Gasteiger partial charge in [0, 0.05) is 22.8 Å². The summed E-state index contributed by atoms with van der Waals surface area (Å²) in [6.45, 7) is 2.00. The van der Waals surface area contributed by atoms with E-state index in [2.05, 4.69) is 10.6 Å². The molecule has 3 aromatic carbocycles. The van der Waals surface area contributed by atoms with E-state index in [-0.39, 0.29) is 11.9 Å². The maximum Gasteiger partial charge on any atom is 0.246 e. The molecule has 28 heavy (non-hydrogen) atoms. The number of benzene rings is 3. The summed E-state index contributed by atoms with van der Waals surface area (Å²) < 4.78 is 5.24. The lowest BCUT2D eigenvalue weighted by Gasteiger charge is -2.24. The summed E-state index contributed by atoms with van der Waals surface area (Å²) in [5.74, 6) is 0.532. The summed E-state index contributed by atoms with van der Waals surface area (Å²) in [6.07, 6.45) is 0. The van der Waals surface area contributed by atoms with Crippen LogP contribution in [-0.4, -0.2) is 13.0 Å². The molecular formula is C23H23ClN2O2. The van der Waals surface area contributed by atoms with Crippen LogP contribution in [0.15, 0.2) is 78.9 Å². The molecule has 0 radical (unpaired) electrons. The third-order valence-corrected chi connectivity index (χ3v) is 4.86. The van der Waals surface area contributed by atoms with Gasteiger partial charge in [-0.3, -0.25) is 10.1 Å². The van der Waals surface area contributed by atoms with Crippen LogP contribution in [0.3, 0.4) is 0 Å². The highest BCUT2D eigenvalue weighted by atomic mass is 35.5. The maximum atomic E-state index is 13.1. The van der Waals surface area contributed by atoms with Crippen molar-refractivity contribution in [2.24, 2.45) is 0 Å². The third-order valence-electron chi connectivity index (χ3n) is 4.52. The fraction of sp³-hybridized carbons (Fsp3) is 0.174. The summed E-state index contributed by atoms with van der Waals surface area (Å²) in [5, 5.41) is 7.05. The highest BCUT2D eigenvalue weighted by Crippen LogP contribution is 2.26. The molecule has 4 nitrogen and oxygen atoms in total. The van der Waals surface area contributed by atoms with Crippen LogP contribution in [0.4, 0.5) is 5.69 Å². The number of hydrogen-bond donors (Lipinski definition) is 2. The second kappa shape index (κ2) is 9.40. The summed E-state index contributed by atoms with van der Waals surface area (Å²) in [4.78, 5) is 13.1. The smallest absolute Gasteiger partial charge is 0.246 e. The van der Waals surface area contributed by atoms with Crippen LogP contribution < -0.4 is 15.4 Å². The number of methoxy groups -OCH3 is 1. The largest absolute Gasteiger partial charge is 0.497 e. The molecule has 3 aromatic rings. The van der Waals surface area contributed by atoms with E-state index in [4.69, 9.17) is 16.3 Å². The first-order chi connectivity index (χ1) is 13.6. The Labute approximate surface area is 170 Å². The van der Waals surface area contributed by atoms with Gasteiger partial charge in [0.2, 0.25) is 5.91 Å². The number of nitrogens with one attached hydrogen (secondary N) is 2. The molecule has 0 heterocycles. The quantitative estimate of drug-likeness (QED) is 0.565. The van der Waals surface area contributed by atoms with Gasteiger partial charge in [0.25, 0.3) is 0 Å². The van der Waals surface area contributed by atoms with Crippen molar-refractivity contribution in [1.29, 1.82) is 0 Å². The summed E-state index contributed by atoms with van der Waals surface area (Å²) >= 11 is 6.34. The van der Waals surface area contributed by atoms with Gasteiger partial charge in [0.1, 0.15) is 11.8 Å². The van der Waals surface area contributed by atoms with Gasteiger partial charge in [-0.25, -0.2) is 0 Å². The van der Waals surface area contributed by atoms with Crippen molar-refractivity contribution in [3.63, 3.8) is 0 Å². The zero-order valence-electron chi connectivity index (χ0n) is 15.9. The minimum Gasteiger partial charge on any atom is -0.497 e. The number of carbonyl (C=O) groups excluding carboxylic acids is 1. The van der Waals surface area contributed by atoms with Gasteiger partial charge < -0.3 is 10.1 Å². The standard InChI is InChI=1S/C23H23ClN2O2/c1-16(20-13-6-7-14-21(20)24)25-22(17-9-4-3-5-10-17)23(27)26-18-11-8-12-19(15-18)28-2/h3-16,22,25H,1-2H3,(H,26,27)/t16-,22+/m0/s1. The highest BCUT2D eigenvalue weighted by molar-refractivity contribution is 6.31. The van der Waals surface area contributed by atoms with Gasteiger partial charge in [-0.1, -0.05) is 66.2 Å². The fourth-order valence-corrected chi connectivity index (χ4v) is 3.35. The van der Waals surface area contributed by atoms with E-state index in [1.807, 2.05) is 79.7 Å². The van der Waals surface area contributed by atoms with Crippen LogP contribution in [-0.2, 0) is 4.79 Å². The molecule has 0 saturated heterocycles. The van der Waals surface area contributed by atoms with E-state index >= 15 is 0 Å². The van der Waals surface area contributed by atoms with Gasteiger partial charge in [0.05, 0.1) is 7.11 Å². The molecule has 5 heteroatoms. The Morgan fingerprint density at radius 1 is 0.964 bits per heavy atom. The molecule has 1 amide bonds. The van der Waals surface area contributed by atoms with Gasteiger partial charge in [-0.05, 0) is 36.2 Å². The molecule has 0 fully saturated rings. The average Bonchev–Trinajstić information content (AvgIpc) is 2.73. The zero-order chi connectivity index (χ0) is 19.9. The van der Waals surface area contributed by atoms with E-state index in [0.717, 1.165) is 11.1 Å². The highest BCUT2D eigenvalue weighted by Gasteiger charge is 2.24. The second-order valence-electron chi connectivity index (χ2n) is 6.47. The number of carbonyl (C=O) groups is 1. The maximum absolute atomic E-state index is 13.1. The van der Waals surface area contributed by atoms with Crippen LogP contribution in [0.2, 0.25) is 5.02 Å². The Hall–Kier alpha value is -2.82. The predicted octanol–water partition coefficient (Wildman–Crippen LogP) is 5.38. The van der Waals surface area contributed by atoms with Crippen molar-refractivity contribution < 1.29 is 9.53 Å². The Kier molecular flexibility index (Phi) is 6.69. The molecule has 0 aliphatic rings. The summed E-state index contributed by atoms with van der Waals surface area (Å²) in [5.41, 5.74) is 2.50. The molecule has 0 unspecified atom stereocenters. The van der Waals surface area contributed by atoms with Crippen LogP contribution in [0, 0.1) is 0 Å². The van der Waals surface area contributed by atoms with Gasteiger partial charge >= 0.3 is 0 Å². The van der Waals surface area contributed by atoms with Gasteiger partial charge in [-0.15, -0.1) is 0 Å². The van der Waals surface area contributed by atoms with Crippen molar-refractivity contribution >= 4 is 23.2 Å². The molecule has 144 valence electrons. The van der Waals surface area contributed by atoms with Crippen molar-refractivity contribution in [1.82, 2.24) is 5.32 Å². The summed E-state index contributed by atoms with van der Waals surface area (Å²) in [7, 11) is 1.60. The van der Waals surface area contributed by atoms with Gasteiger partial charge in [-0.2, -0.15) is 0 Å². The molecule has 0 bridgehead atoms. The monoisotopic (exact) mass is 394 g/mol. The van der Waals surface area contributed by atoms with Crippen LogP contribution in [0.5, 0.6) is 5.75 Å². The second-order valence-corrected chi connectivity index (χ2v) is 6.88. The summed E-state index contributed by atoms with van der Waals surface area (Å²) in [6, 6.07) is 23.9. The van der Waals surface area contributed by atoms with Crippen molar-refractivity contribution in [3.8, 4) is 5.75 Å². The Bertz CT molecular complexity index is 931. The van der Waals surface area contributed by atoms with Crippen molar-refractivity contribution in [3.05, 3.63) is 95.0 Å². The van der Waals surface area contributed by atoms with Crippen LogP contribution in [0.1, 0.15) is 30.1 Å². The third kappa shape index (κ3) is 4.91. The predicted molar refractivity (Wildman–Crippen MR) is 114 cm³/mol. The Morgan fingerprint density at radius 3 is 2.39 bits per heavy atom. The topological polar surface area (TPSA) is 50.4 Å². The molecule has 0 aliphatic heterocycles. The average molecular weight is 395 g/mol. The molecule has 2 N–H and O–H groups in total. The fourth-order valence-electron chi connectivity index (χ4n) is 3.05. The molecule has 0 aromatic heterocycles. The lowest BCUT2D eigenvalue weighted by molar-refractivity contribution is -0.118. The zero-order valence-corrected chi connectivity index (χ0v) is 16.6. The number of hydrogen-bond acceptors (Lipinski definition) is 3. The number of ether oxygens (including phenoxy) is 1. The minimum atomic E-state index is -0.543. The molecule has 2 atom stereocenters. The number of amides is 1. The molecular weight excluding hydrogens is 372 g/mol. The molecule has 3 rings (SSSR count).